The van der Waals surface area contributed by atoms with Crippen molar-refractivity contribution in [2.45, 2.75) is 6.61 Å². The highest BCUT2D eigenvalue weighted by atomic mass is 19.1. The number of hydrogen-bond acceptors (Lipinski definition) is 5. The molecule has 0 radical (unpaired) electrons. The Bertz CT molecular complexity index is 733. The largest absolute Gasteiger partial charge is 0.497 e. The number of anilines is 1. The smallest absolute Gasteiger partial charge is 0.410 e. The minimum atomic E-state index is -0.502. The van der Waals surface area contributed by atoms with E-state index in [1.807, 2.05) is 29.2 Å². The van der Waals surface area contributed by atoms with Gasteiger partial charge in [-0.25, -0.2) is 9.78 Å². The molecule has 0 bridgehead atoms. The Hall–Kier alpha value is -2.83. The minimum absolute atomic E-state index is 0.200. The molecule has 1 aromatic carbocycles. The van der Waals surface area contributed by atoms with Crippen LogP contribution in [-0.4, -0.2) is 49.3 Å². The van der Waals surface area contributed by atoms with Crippen molar-refractivity contribution in [2.75, 3.05) is 38.2 Å². The van der Waals surface area contributed by atoms with Gasteiger partial charge in [-0.15, -0.1) is 0 Å². The standard InChI is InChI=1S/C18H20FN3O3/c1-24-16-4-2-3-14(11-16)13-25-18(23)22-9-7-21(8-10-22)15-5-6-20-17(19)12-15/h2-6,11-12H,7-10,13H2,1H3. The first kappa shape index (κ1) is 17.0. The molecule has 1 aromatic heterocycles. The number of hydrogen-bond donors (Lipinski definition) is 0. The van der Waals surface area contributed by atoms with Crippen LogP contribution in [0.4, 0.5) is 14.9 Å². The van der Waals surface area contributed by atoms with Crippen LogP contribution in [0.5, 0.6) is 5.75 Å². The SMILES string of the molecule is COc1cccc(COC(=O)N2CCN(c3ccnc(F)c3)CC2)c1. The minimum Gasteiger partial charge on any atom is -0.497 e. The van der Waals surface area contributed by atoms with Crippen LogP contribution >= 0.6 is 0 Å². The highest BCUT2D eigenvalue weighted by molar-refractivity contribution is 5.68. The molecule has 1 amide bonds. The summed E-state index contributed by atoms with van der Waals surface area (Å²) in [5.41, 5.74) is 1.65. The monoisotopic (exact) mass is 345 g/mol. The molecule has 0 atom stereocenters. The van der Waals surface area contributed by atoms with Gasteiger partial charge < -0.3 is 19.3 Å². The van der Waals surface area contributed by atoms with E-state index in [4.69, 9.17) is 9.47 Å². The van der Waals surface area contributed by atoms with Crippen molar-refractivity contribution in [1.82, 2.24) is 9.88 Å². The molecule has 0 saturated carbocycles. The maximum absolute atomic E-state index is 13.2. The lowest BCUT2D eigenvalue weighted by molar-refractivity contribution is 0.0941. The summed E-state index contributed by atoms with van der Waals surface area (Å²) in [5, 5.41) is 0. The van der Waals surface area contributed by atoms with Gasteiger partial charge in [0, 0.05) is 44.1 Å². The number of nitrogens with zero attached hydrogens (tertiary/aromatic N) is 3. The normalized spacial score (nSPS) is 14.3. The Morgan fingerprint density at radius 3 is 2.72 bits per heavy atom. The summed E-state index contributed by atoms with van der Waals surface area (Å²) in [6.45, 7) is 2.50. The molecule has 3 rings (SSSR count). The number of pyridine rings is 1. The molecule has 1 aliphatic rings. The van der Waals surface area contributed by atoms with E-state index in [2.05, 4.69) is 4.98 Å². The van der Waals surface area contributed by atoms with Crippen molar-refractivity contribution in [3.63, 3.8) is 0 Å². The summed E-state index contributed by atoms with van der Waals surface area (Å²) in [4.78, 5) is 19.4. The zero-order valence-corrected chi connectivity index (χ0v) is 14.0. The van der Waals surface area contributed by atoms with E-state index in [1.165, 1.54) is 12.3 Å². The van der Waals surface area contributed by atoms with Crippen molar-refractivity contribution in [1.29, 1.82) is 0 Å². The molecule has 6 nitrogen and oxygen atoms in total. The molecule has 2 aromatic rings. The van der Waals surface area contributed by atoms with Gasteiger partial charge in [0.05, 0.1) is 7.11 Å². The third-order valence-electron chi connectivity index (χ3n) is 4.11. The predicted octanol–water partition coefficient (Wildman–Crippen LogP) is 2.69. The third kappa shape index (κ3) is 4.37. The van der Waals surface area contributed by atoms with E-state index in [-0.39, 0.29) is 12.7 Å². The second kappa shape index (κ2) is 7.83. The van der Waals surface area contributed by atoms with Crippen LogP contribution in [0.2, 0.25) is 0 Å². The van der Waals surface area contributed by atoms with Crippen LogP contribution in [0.3, 0.4) is 0 Å². The van der Waals surface area contributed by atoms with Crippen LogP contribution in [0.25, 0.3) is 0 Å². The molecular weight excluding hydrogens is 325 g/mol. The molecule has 7 heteroatoms. The maximum Gasteiger partial charge on any atom is 0.410 e. The fraction of sp³-hybridized carbons (Fsp3) is 0.333. The third-order valence-corrected chi connectivity index (χ3v) is 4.11. The molecule has 1 aliphatic heterocycles. The molecule has 1 saturated heterocycles. The fourth-order valence-electron chi connectivity index (χ4n) is 2.73. The second-order valence-corrected chi connectivity index (χ2v) is 5.72. The van der Waals surface area contributed by atoms with Gasteiger partial charge in [0.25, 0.3) is 0 Å². The Morgan fingerprint density at radius 2 is 2.00 bits per heavy atom. The maximum atomic E-state index is 13.2. The lowest BCUT2D eigenvalue weighted by atomic mass is 10.2. The number of methoxy groups -OCH3 is 1. The number of rotatable bonds is 4. The number of aromatic nitrogens is 1. The van der Waals surface area contributed by atoms with E-state index in [0.717, 1.165) is 17.0 Å². The van der Waals surface area contributed by atoms with Crippen molar-refractivity contribution in [3.8, 4) is 5.75 Å². The Morgan fingerprint density at radius 1 is 1.20 bits per heavy atom. The first-order valence-corrected chi connectivity index (χ1v) is 8.07. The molecule has 0 unspecified atom stereocenters. The number of carbonyl (C=O) groups is 1. The summed E-state index contributed by atoms with van der Waals surface area (Å²) in [7, 11) is 1.60. The average Bonchev–Trinajstić information content (AvgIpc) is 2.66. The number of halogens is 1. The molecule has 0 spiro atoms. The second-order valence-electron chi connectivity index (χ2n) is 5.72. The number of ether oxygens (including phenoxy) is 2. The summed E-state index contributed by atoms with van der Waals surface area (Å²) >= 11 is 0. The van der Waals surface area contributed by atoms with Crippen LogP contribution in [0, 0.1) is 5.95 Å². The zero-order chi connectivity index (χ0) is 17.6. The van der Waals surface area contributed by atoms with E-state index in [9.17, 15) is 9.18 Å². The van der Waals surface area contributed by atoms with Gasteiger partial charge in [-0.3, -0.25) is 0 Å². The van der Waals surface area contributed by atoms with Gasteiger partial charge in [-0.1, -0.05) is 12.1 Å². The molecule has 132 valence electrons. The summed E-state index contributed by atoms with van der Waals surface area (Å²) in [6.07, 6.45) is 1.10. The summed E-state index contributed by atoms with van der Waals surface area (Å²) < 4.78 is 23.7. The highest BCUT2D eigenvalue weighted by Crippen LogP contribution is 2.17. The molecular formula is C18H20FN3O3. The summed E-state index contributed by atoms with van der Waals surface area (Å²) in [5.74, 6) is 0.226. The summed E-state index contributed by atoms with van der Waals surface area (Å²) in [6, 6.07) is 10.6. The number of benzene rings is 1. The van der Waals surface area contributed by atoms with Gasteiger partial charge in [0.2, 0.25) is 5.95 Å². The van der Waals surface area contributed by atoms with Gasteiger partial charge >= 0.3 is 6.09 Å². The number of piperazine rings is 1. The molecule has 1 fully saturated rings. The molecule has 2 heterocycles. The van der Waals surface area contributed by atoms with Crippen LogP contribution in [-0.2, 0) is 11.3 Å². The van der Waals surface area contributed by atoms with E-state index >= 15 is 0 Å². The Labute approximate surface area is 145 Å². The first-order valence-electron chi connectivity index (χ1n) is 8.07. The van der Waals surface area contributed by atoms with Gasteiger partial charge in [-0.2, -0.15) is 4.39 Å². The van der Waals surface area contributed by atoms with Crippen molar-refractivity contribution < 1.29 is 18.7 Å². The van der Waals surface area contributed by atoms with E-state index < -0.39 is 5.95 Å². The number of amides is 1. The van der Waals surface area contributed by atoms with Crippen LogP contribution < -0.4 is 9.64 Å². The quantitative estimate of drug-likeness (QED) is 0.798. The highest BCUT2D eigenvalue weighted by Gasteiger charge is 2.22. The van der Waals surface area contributed by atoms with Crippen molar-refractivity contribution >= 4 is 11.8 Å². The predicted molar refractivity (Wildman–Crippen MR) is 91.2 cm³/mol. The average molecular weight is 345 g/mol. The Kier molecular flexibility index (Phi) is 5.33. The van der Waals surface area contributed by atoms with Crippen molar-refractivity contribution in [2.24, 2.45) is 0 Å². The molecule has 25 heavy (non-hydrogen) atoms. The lowest BCUT2D eigenvalue weighted by Crippen LogP contribution is -2.49. The van der Waals surface area contributed by atoms with Gasteiger partial charge in [0.1, 0.15) is 12.4 Å². The Balaban J connectivity index is 1.49. The van der Waals surface area contributed by atoms with Gasteiger partial charge in [-0.05, 0) is 23.8 Å². The van der Waals surface area contributed by atoms with Gasteiger partial charge in [0.15, 0.2) is 0 Å². The van der Waals surface area contributed by atoms with Crippen LogP contribution in [0.15, 0.2) is 42.6 Å². The van der Waals surface area contributed by atoms with E-state index in [0.29, 0.717) is 26.2 Å². The zero-order valence-electron chi connectivity index (χ0n) is 14.0. The molecule has 0 aliphatic carbocycles. The topological polar surface area (TPSA) is 54.9 Å². The molecule has 0 N–H and O–H groups in total. The number of carbonyl (C=O) groups excluding carboxylic acids is 1. The van der Waals surface area contributed by atoms with Crippen molar-refractivity contribution in [3.05, 3.63) is 54.1 Å². The van der Waals surface area contributed by atoms with E-state index in [1.54, 1.807) is 18.1 Å². The fourth-order valence-corrected chi connectivity index (χ4v) is 2.73. The first-order chi connectivity index (χ1) is 12.2. The van der Waals surface area contributed by atoms with Crippen LogP contribution in [0.1, 0.15) is 5.56 Å². The lowest BCUT2D eigenvalue weighted by Gasteiger charge is -2.35.